The lowest BCUT2D eigenvalue weighted by molar-refractivity contribution is -0.198. The van der Waals surface area contributed by atoms with Crippen molar-refractivity contribution in [3.8, 4) is 11.6 Å². The fourth-order valence-corrected chi connectivity index (χ4v) is 5.90. The molecule has 0 bridgehead atoms. The topological polar surface area (TPSA) is 90.9 Å². The monoisotopic (exact) mass is 546 g/mol. The zero-order valence-corrected chi connectivity index (χ0v) is 22.0. The quantitative estimate of drug-likeness (QED) is 0.382. The first kappa shape index (κ1) is 26.5. The summed E-state index contributed by atoms with van der Waals surface area (Å²) in [6.07, 6.45) is 1.42. The Hall–Kier alpha value is -3.11. The molecule has 1 aliphatic carbocycles. The van der Waals surface area contributed by atoms with E-state index in [4.69, 9.17) is 22.1 Å². The number of hydrogen-bond donors (Lipinski definition) is 2. The minimum Gasteiger partial charge on any atom is -0.459 e. The number of nitrogens with two attached hydrogens (primary N) is 1. The lowest BCUT2D eigenvalue weighted by Gasteiger charge is -2.37. The molecule has 1 aliphatic heterocycles. The van der Waals surface area contributed by atoms with E-state index in [1.165, 1.54) is 28.9 Å². The number of anilines is 1. The Morgan fingerprint density at radius 2 is 2.05 bits per heavy atom. The Kier molecular flexibility index (Phi) is 7.13. The van der Waals surface area contributed by atoms with E-state index in [9.17, 15) is 13.2 Å². The first-order valence-electron chi connectivity index (χ1n) is 12.7. The van der Waals surface area contributed by atoms with Gasteiger partial charge in [0.25, 0.3) is 0 Å². The third-order valence-electron chi connectivity index (χ3n) is 7.64. The summed E-state index contributed by atoms with van der Waals surface area (Å²) < 4.78 is 50.1. The molecular formula is C27H30ClF3N6O. The molecule has 38 heavy (non-hydrogen) atoms. The molecule has 3 N–H and O–H groups in total. The molecule has 3 atom stereocenters. The molecule has 3 heterocycles. The van der Waals surface area contributed by atoms with E-state index in [0.29, 0.717) is 17.4 Å². The molecule has 3 aromatic rings. The maximum atomic E-state index is 14.4. The number of allylic oxidation sites excluding steroid dienone is 2. The summed E-state index contributed by atoms with van der Waals surface area (Å²) in [5, 5.41) is 8.13. The summed E-state index contributed by atoms with van der Waals surface area (Å²) in [5.41, 5.74) is 8.24. The van der Waals surface area contributed by atoms with E-state index in [0.717, 1.165) is 44.2 Å². The van der Waals surface area contributed by atoms with Crippen molar-refractivity contribution in [2.24, 2.45) is 5.41 Å². The van der Waals surface area contributed by atoms with Gasteiger partial charge in [-0.05, 0) is 74.8 Å². The smallest absolute Gasteiger partial charge is 0.429 e. The van der Waals surface area contributed by atoms with Crippen molar-refractivity contribution in [1.82, 2.24) is 25.1 Å². The number of alkyl halides is 3. The Balaban J connectivity index is 1.47. The van der Waals surface area contributed by atoms with Crippen molar-refractivity contribution in [3.63, 3.8) is 0 Å². The third kappa shape index (κ3) is 5.24. The van der Waals surface area contributed by atoms with E-state index in [-0.39, 0.29) is 33.5 Å². The van der Waals surface area contributed by atoms with Crippen LogP contribution in [0, 0.1) is 12.3 Å². The molecule has 2 aromatic heterocycles. The number of nitrogens with zero attached hydrogens (tertiary/aromatic N) is 4. The van der Waals surface area contributed by atoms with Crippen LogP contribution >= 0.6 is 11.6 Å². The maximum absolute atomic E-state index is 14.4. The van der Waals surface area contributed by atoms with Gasteiger partial charge in [-0.2, -0.15) is 23.3 Å². The molecule has 202 valence electrons. The first-order chi connectivity index (χ1) is 18.1. The standard InChI is InChI=1S/C27H30ClF3N6O/c1-3-22-26(11-12-33-22)9-6-17(7-10-26)20-15-23(35-25(32)34-20)38-24(27(29,30)31)19-5-4-18(28)14-21(19)37-13-8-16(2)36-37/h4-6,8,13-15,22,24,33H,3,7,9-12H2,1-2H3,(H2,32,34,35)/t22?,24-,26?/m1/s1. The molecule has 1 fully saturated rings. The van der Waals surface area contributed by atoms with Crippen molar-refractivity contribution in [1.29, 1.82) is 0 Å². The highest BCUT2D eigenvalue weighted by Crippen LogP contribution is 2.47. The number of ether oxygens (including phenoxy) is 1. The van der Waals surface area contributed by atoms with Gasteiger partial charge in [0.1, 0.15) is 0 Å². The van der Waals surface area contributed by atoms with E-state index < -0.39 is 12.3 Å². The maximum Gasteiger partial charge on any atom is 0.429 e. The average Bonchev–Trinajstić information content (AvgIpc) is 3.48. The van der Waals surface area contributed by atoms with E-state index in [1.807, 2.05) is 0 Å². The van der Waals surface area contributed by atoms with Crippen LogP contribution in [-0.4, -0.2) is 38.5 Å². The van der Waals surface area contributed by atoms with Crippen LogP contribution in [0.2, 0.25) is 5.02 Å². The van der Waals surface area contributed by atoms with Crippen LogP contribution in [0.1, 0.15) is 62.1 Å². The summed E-state index contributed by atoms with van der Waals surface area (Å²) >= 11 is 6.13. The summed E-state index contributed by atoms with van der Waals surface area (Å²) in [6.45, 7) is 4.94. The largest absolute Gasteiger partial charge is 0.459 e. The van der Waals surface area contributed by atoms with Gasteiger partial charge in [-0.15, -0.1) is 0 Å². The number of benzene rings is 1. The van der Waals surface area contributed by atoms with Crippen LogP contribution in [0.15, 0.2) is 42.6 Å². The molecule has 1 spiro atoms. The van der Waals surface area contributed by atoms with Crippen molar-refractivity contribution in [2.45, 2.75) is 64.3 Å². The summed E-state index contributed by atoms with van der Waals surface area (Å²) in [7, 11) is 0. The van der Waals surface area contributed by atoms with Gasteiger partial charge >= 0.3 is 6.18 Å². The van der Waals surface area contributed by atoms with Gasteiger partial charge in [-0.25, -0.2) is 9.67 Å². The fourth-order valence-electron chi connectivity index (χ4n) is 5.74. The van der Waals surface area contributed by atoms with Crippen LogP contribution in [0.3, 0.4) is 0 Å². The number of aryl methyl sites for hydroxylation is 1. The molecule has 0 amide bonds. The minimum atomic E-state index is -4.76. The molecule has 0 radical (unpaired) electrons. The number of nitrogens with one attached hydrogen (secondary N) is 1. The fraction of sp³-hybridized carbons (Fsp3) is 0.444. The van der Waals surface area contributed by atoms with Gasteiger partial charge in [0.2, 0.25) is 17.9 Å². The Morgan fingerprint density at radius 1 is 1.24 bits per heavy atom. The molecule has 2 aliphatic rings. The Labute approximate surface area is 224 Å². The van der Waals surface area contributed by atoms with Crippen molar-refractivity contribution in [2.75, 3.05) is 12.3 Å². The number of hydrogen-bond acceptors (Lipinski definition) is 6. The molecule has 0 saturated carbocycles. The summed E-state index contributed by atoms with van der Waals surface area (Å²) in [6, 6.07) is 7.71. The Bertz CT molecular complexity index is 1360. The first-order valence-corrected chi connectivity index (χ1v) is 13.1. The van der Waals surface area contributed by atoms with Crippen molar-refractivity contribution in [3.05, 3.63) is 64.6 Å². The van der Waals surface area contributed by atoms with Crippen molar-refractivity contribution >= 4 is 23.1 Å². The predicted octanol–water partition coefficient (Wildman–Crippen LogP) is 6.21. The van der Waals surface area contributed by atoms with Crippen LogP contribution < -0.4 is 15.8 Å². The highest BCUT2D eigenvalue weighted by atomic mass is 35.5. The van der Waals surface area contributed by atoms with E-state index in [2.05, 4.69) is 33.4 Å². The highest BCUT2D eigenvalue weighted by molar-refractivity contribution is 6.30. The van der Waals surface area contributed by atoms with Gasteiger partial charge in [-0.1, -0.05) is 30.7 Å². The van der Waals surface area contributed by atoms with Crippen LogP contribution in [0.25, 0.3) is 11.3 Å². The van der Waals surface area contributed by atoms with Crippen LogP contribution in [0.5, 0.6) is 5.88 Å². The molecule has 2 unspecified atom stereocenters. The molecule has 5 rings (SSSR count). The third-order valence-corrected chi connectivity index (χ3v) is 7.87. The SMILES string of the molecule is CCC1NCCC12CC=C(c1cc(O[C@H](c3ccc(Cl)cc3-n3ccc(C)n3)C(F)(F)F)nc(N)n1)CC2. The second kappa shape index (κ2) is 10.2. The van der Waals surface area contributed by atoms with E-state index in [1.54, 1.807) is 19.2 Å². The molecule has 1 aromatic carbocycles. The van der Waals surface area contributed by atoms with Gasteiger partial charge < -0.3 is 15.8 Å². The van der Waals surface area contributed by atoms with Gasteiger partial charge in [0, 0.05) is 28.9 Å². The summed E-state index contributed by atoms with van der Waals surface area (Å²) in [5.74, 6) is -0.393. The van der Waals surface area contributed by atoms with Gasteiger partial charge in [0.15, 0.2) is 0 Å². The second-order valence-corrected chi connectivity index (χ2v) is 10.5. The summed E-state index contributed by atoms with van der Waals surface area (Å²) in [4.78, 5) is 8.31. The molecular weight excluding hydrogens is 517 g/mol. The molecule has 1 saturated heterocycles. The average molecular weight is 547 g/mol. The molecule has 11 heteroatoms. The van der Waals surface area contributed by atoms with E-state index >= 15 is 0 Å². The van der Waals surface area contributed by atoms with Crippen LogP contribution in [-0.2, 0) is 0 Å². The van der Waals surface area contributed by atoms with Gasteiger partial charge in [0.05, 0.1) is 17.1 Å². The highest BCUT2D eigenvalue weighted by Gasteiger charge is 2.45. The second-order valence-electron chi connectivity index (χ2n) is 10.1. The zero-order valence-electron chi connectivity index (χ0n) is 21.2. The van der Waals surface area contributed by atoms with Crippen LogP contribution in [0.4, 0.5) is 19.1 Å². The zero-order chi connectivity index (χ0) is 27.1. The van der Waals surface area contributed by atoms with Gasteiger partial charge in [-0.3, -0.25) is 0 Å². The van der Waals surface area contributed by atoms with Crippen molar-refractivity contribution < 1.29 is 17.9 Å². The Morgan fingerprint density at radius 3 is 2.71 bits per heavy atom. The number of aromatic nitrogens is 4. The number of rotatable bonds is 6. The molecule has 7 nitrogen and oxygen atoms in total. The predicted molar refractivity (Wildman–Crippen MR) is 140 cm³/mol. The lowest BCUT2D eigenvalue weighted by atomic mass is 9.69. The normalized spacial score (nSPS) is 22.5. The number of halogens is 4. The minimum absolute atomic E-state index is 0.146. The number of nitrogen functional groups attached to an aromatic ring is 1. The lowest BCUT2D eigenvalue weighted by Crippen LogP contribution is -2.37.